The molecule has 0 aliphatic carbocycles. The lowest BCUT2D eigenvalue weighted by Crippen LogP contribution is -2.23. The summed E-state index contributed by atoms with van der Waals surface area (Å²) in [5.74, 6) is 0. The van der Waals surface area contributed by atoms with Gasteiger partial charge in [0.25, 0.3) is 0 Å². The van der Waals surface area contributed by atoms with Crippen LogP contribution >= 0.6 is 12.6 Å². The van der Waals surface area contributed by atoms with E-state index >= 15 is 0 Å². The molecule has 0 saturated carbocycles. The molecule has 0 heterocycles. The third-order valence-electron chi connectivity index (χ3n) is 2.02. The van der Waals surface area contributed by atoms with Gasteiger partial charge >= 0.3 is 18.5 Å². The second kappa shape index (κ2) is 4.50. The van der Waals surface area contributed by atoms with E-state index in [1.54, 1.807) is 0 Å². The maximum atomic E-state index is 12.5. The molecule has 0 atom stereocenters. The summed E-state index contributed by atoms with van der Waals surface area (Å²) in [6.45, 7) is 0. The number of hydrogen-bond acceptors (Lipinski definition) is 1. The highest BCUT2D eigenvalue weighted by atomic mass is 32.1. The van der Waals surface area contributed by atoms with Gasteiger partial charge in [0.15, 0.2) is 0 Å². The lowest BCUT2D eigenvalue weighted by Gasteiger charge is -2.21. The second-order valence-corrected chi connectivity index (χ2v) is 3.93. The van der Waals surface area contributed by atoms with Crippen LogP contribution in [0.15, 0.2) is 17.0 Å². The van der Waals surface area contributed by atoms with E-state index in [2.05, 4.69) is 12.6 Å². The summed E-state index contributed by atoms with van der Waals surface area (Å²) in [7, 11) is 0. The van der Waals surface area contributed by atoms with Gasteiger partial charge in [-0.05, 0) is 12.1 Å². The lowest BCUT2D eigenvalue weighted by atomic mass is 9.99. The summed E-state index contributed by atoms with van der Waals surface area (Å²) in [5.41, 5.74) is -7.59. The standard InChI is InChI=1S/C9H3F9S/c10-7(11,12)4-1-3(19)2-5(8(13,14)15)6(4)9(16,17)18/h1-2,19H. The van der Waals surface area contributed by atoms with Gasteiger partial charge in [0.1, 0.15) is 0 Å². The highest BCUT2D eigenvalue weighted by molar-refractivity contribution is 7.80. The van der Waals surface area contributed by atoms with E-state index in [1.807, 2.05) is 0 Å². The third kappa shape index (κ3) is 3.48. The van der Waals surface area contributed by atoms with Crippen LogP contribution in [0.3, 0.4) is 0 Å². The Balaban J connectivity index is 3.80. The van der Waals surface area contributed by atoms with Crippen molar-refractivity contribution >= 4 is 12.6 Å². The van der Waals surface area contributed by atoms with E-state index in [-0.39, 0.29) is 12.1 Å². The van der Waals surface area contributed by atoms with Crippen LogP contribution in [0.2, 0.25) is 0 Å². The SMILES string of the molecule is FC(F)(F)c1cc(S)cc(C(F)(F)F)c1C(F)(F)F. The van der Waals surface area contributed by atoms with Crippen LogP contribution in [0.1, 0.15) is 16.7 Å². The van der Waals surface area contributed by atoms with Gasteiger partial charge in [-0.1, -0.05) is 0 Å². The van der Waals surface area contributed by atoms with E-state index in [1.165, 1.54) is 0 Å². The Morgan fingerprint density at radius 1 is 0.632 bits per heavy atom. The maximum Gasteiger partial charge on any atom is 0.417 e. The first-order valence-electron chi connectivity index (χ1n) is 4.33. The summed E-state index contributed by atoms with van der Waals surface area (Å²) < 4.78 is 112. The van der Waals surface area contributed by atoms with Crippen molar-refractivity contribution in [3.05, 3.63) is 28.8 Å². The molecule has 1 rings (SSSR count). The first kappa shape index (κ1) is 16.0. The molecule has 108 valence electrons. The van der Waals surface area contributed by atoms with Gasteiger partial charge in [-0.3, -0.25) is 0 Å². The molecule has 10 heteroatoms. The zero-order valence-electron chi connectivity index (χ0n) is 8.50. The molecule has 0 unspecified atom stereocenters. The summed E-state index contributed by atoms with van der Waals surface area (Å²) >= 11 is 3.26. The fourth-order valence-corrected chi connectivity index (χ4v) is 1.64. The van der Waals surface area contributed by atoms with E-state index in [0.29, 0.717) is 0 Å². The Bertz CT molecular complexity index is 445. The lowest BCUT2D eigenvalue weighted by molar-refractivity contribution is -0.174. The molecule has 19 heavy (non-hydrogen) atoms. The largest absolute Gasteiger partial charge is 0.417 e. The molecule has 0 aliphatic heterocycles. The van der Waals surface area contributed by atoms with Crippen molar-refractivity contribution in [2.75, 3.05) is 0 Å². The number of alkyl halides is 9. The Hall–Kier alpha value is -1.06. The minimum absolute atomic E-state index is 0.0961. The number of hydrogen-bond donors (Lipinski definition) is 1. The van der Waals surface area contributed by atoms with E-state index in [4.69, 9.17) is 0 Å². The summed E-state index contributed by atoms with van der Waals surface area (Å²) in [4.78, 5) is -0.868. The highest BCUT2D eigenvalue weighted by Gasteiger charge is 2.50. The van der Waals surface area contributed by atoms with Crippen LogP contribution in [0, 0.1) is 0 Å². The number of halogens is 9. The Kier molecular flexibility index (Phi) is 3.79. The Morgan fingerprint density at radius 3 is 1.16 bits per heavy atom. The maximum absolute atomic E-state index is 12.5. The van der Waals surface area contributed by atoms with Crippen LogP contribution in [0.25, 0.3) is 0 Å². The molecular formula is C9H3F9S. The molecule has 0 aromatic heterocycles. The number of benzene rings is 1. The molecule has 1 aromatic rings. The molecule has 0 nitrogen and oxygen atoms in total. The molecule has 0 radical (unpaired) electrons. The van der Waals surface area contributed by atoms with Crippen molar-refractivity contribution in [3.8, 4) is 0 Å². The van der Waals surface area contributed by atoms with Crippen LogP contribution in [0.5, 0.6) is 0 Å². The van der Waals surface area contributed by atoms with Crippen molar-refractivity contribution in [3.63, 3.8) is 0 Å². The quantitative estimate of drug-likeness (QED) is 0.504. The first-order valence-corrected chi connectivity index (χ1v) is 4.78. The minimum atomic E-state index is -5.79. The molecule has 0 fully saturated rings. The highest BCUT2D eigenvalue weighted by Crippen LogP contribution is 2.47. The Morgan fingerprint density at radius 2 is 0.947 bits per heavy atom. The van der Waals surface area contributed by atoms with Crippen LogP contribution in [0.4, 0.5) is 39.5 Å². The van der Waals surface area contributed by atoms with Crippen molar-refractivity contribution in [2.45, 2.75) is 23.4 Å². The van der Waals surface area contributed by atoms with Gasteiger partial charge in [-0.25, -0.2) is 0 Å². The number of rotatable bonds is 0. The monoisotopic (exact) mass is 314 g/mol. The summed E-state index contributed by atoms with van der Waals surface area (Å²) in [6, 6.07) is -0.192. The van der Waals surface area contributed by atoms with Crippen molar-refractivity contribution in [1.29, 1.82) is 0 Å². The average molecular weight is 314 g/mol. The number of thiol groups is 1. The van der Waals surface area contributed by atoms with Crippen LogP contribution in [-0.4, -0.2) is 0 Å². The average Bonchev–Trinajstić information content (AvgIpc) is 2.11. The smallest absolute Gasteiger partial charge is 0.166 e. The van der Waals surface area contributed by atoms with Gasteiger partial charge in [0.2, 0.25) is 0 Å². The first-order chi connectivity index (χ1) is 8.24. The molecule has 0 amide bonds. The van der Waals surface area contributed by atoms with Crippen molar-refractivity contribution in [2.24, 2.45) is 0 Å². The van der Waals surface area contributed by atoms with Crippen LogP contribution < -0.4 is 0 Å². The topological polar surface area (TPSA) is 0 Å². The normalized spacial score (nSPS) is 13.8. The van der Waals surface area contributed by atoms with E-state index in [9.17, 15) is 39.5 Å². The summed E-state index contributed by atoms with van der Waals surface area (Å²) in [5, 5.41) is 0. The molecule has 0 bridgehead atoms. The fourth-order valence-electron chi connectivity index (χ4n) is 1.38. The minimum Gasteiger partial charge on any atom is -0.166 e. The Labute approximate surface area is 105 Å². The van der Waals surface area contributed by atoms with E-state index < -0.39 is 40.1 Å². The van der Waals surface area contributed by atoms with Gasteiger partial charge in [0, 0.05) is 4.90 Å². The fraction of sp³-hybridized carbons (Fsp3) is 0.333. The molecule has 0 saturated heterocycles. The molecule has 0 N–H and O–H groups in total. The zero-order valence-corrected chi connectivity index (χ0v) is 9.40. The zero-order chi connectivity index (χ0) is 15.2. The van der Waals surface area contributed by atoms with Crippen molar-refractivity contribution in [1.82, 2.24) is 0 Å². The molecular weight excluding hydrogens is 311 g/mol. The van der Waals surface area contributed by atoms with E-state index in [0.717, 1.165) is 0 Å². The van der Waals surface area contributed by atoms with Gasteiger partial charge < -0.3 is 0 Å². The molecule has 0 aliphatic rings. The predicted molar refractivity (Wildman–Crippen MR) is 48.7 cm³/mol. The van der Waals surface area contributed by atoms with Crippen LogP contribution in [-0.2, 0) is 18.5 Å². The van der Waals surface area contributed by atoms with Gasteiger partial charge in [0.05, 0.1) is 16.7 Å². The summed E-state index contributed by atoms with van der Waals surface area (Å²) in [6.07, 6.45) is -17.0. The van der Waals surface area contributed by atoms with Crippen molar-refractivity contribution < 1.29 is 39.5 Å². The van der Waals surface area contributed by atoms with Gasteiger partial charge in [-0.15, -0.1) is 12.6 Å². The third-order valence-corrected chi connectivity index (χ3v) is 2.28. The predicted octanol–water partition coefficient (Wildman–Crippen LogP) is 5.03. The van der Waals surface area contributed by atoms with Gasteiger partial charge in [-0.2, -0.15) is 39.5 Å². The second-order valence-electron chi connectivity index (χ2n) is 3.41. The molecule has 0 spiro atoms. The molecule has 1 aromatic carbocycles.